The molecule has 0 bridgehead atoms. The van der Waals surface area contributed by atoms with Crippen molar-refractivity contribution < 1.29 is 13.6 Å². The number of rotatable bonds is 4. The van der Waals surface area contributed by atoms with Crippen molar-refractivity contribution in [3.05, 3.63) is 101 Å². The van der Waals surface area contributed by atoms with Gasteiger partial charge in [0.15, 0.2) is 16.8 Å². The molecule has 156 valence electrons. The number of thiazole rings is 1. The van der Waals surface area contributed by atoms with Gasteiger partial charge in [0.1, 0.15) is 0 Å². The van der Waals surface area contributed by atoms with E-state index in [9.17, 15) is 13.6 Å². The van der Waals surface area contributed by atoms with Gasteiger partial charge < -0.3 is 0 Å². The number of fused-ring (bicyclic) bond motifs is 1. The molecular formula is C25H15F2N3OS. The number of nitrogens with zero attached hydrogens (tertiary/aromatic N) is 2. The van der Waals surface area contributed by atoms with Crippen LogP contribution in [0.4, 0.5) is 13.9 Å². The van der Waals surface area contributed by atoms with Crippen molar-refractivity contribution in [2.45, 2.75) is 0 Å². The van der Waals surface area contributed by atoms with E-state index < -0.39 is 11.6 Å². The Hall–Kier alpha value is -3.97. The Morgan fingerprint density at radius 2 is 1.56 bits per heavy atom. The third-order valence-electron chi connectivity index (χ3n) is 4.97. The molecule has 0 aliphatic rings. The number of anilines is 1. The van der Waals surface area contributed by atoms with Crippen molar-refractivity contribution in [2.24, 2.45) is 0 Å². The number of halogens is 2. The van der Waals surface area contributed by atoms with Crippen LogP contribution in [0.25, 0.3) is 33.4 Å². The van der Waals surface area contributed by atoms with Gasteiger partial charge in [-0.3, -0.25) is 10.1 Å². The van der Waals surface area contributed by atoms with Crippen LogP contribution in [0.3, 0.4) is 0 Å². The van der Waals surface area contributed by atoms with E-state index in [1.807, 2.05) is 54.6 Å². The normalized spacial score (nSPS) is 10.9. The van der Waals surface area contributed by atoms with Crippen LogP contribution in [0.15, 0.2) is 84.2 Å². The van der Waals surface area contributed by atoms with E-state index in [1.165, 1.54) is 17.4 Å². The zero-order valence-corrected chi connectivity index (χ0v) is 17.4. The lowest BCUT2D eigenvalue weighted by atomic mass is 10.0. The van der Waals surface area contributed by atoms with Gasteiger partial charge in [0.25, 0.3) is 5.91 Å². The van der Waals surface area contributed by atoms with Crippen molar-refractivity contribution in [1.29, 1.82) is 0 Å². The van der Waals surface area contributed by atoms with E-state index >= 15 is 0 Å². The summed E-state index contributed by atoms with van der Waals surface area (Å²) in [4.78, 5) is 22.2. The molecule has 0 spiro atoms. The lowest BCUT2D eigenvalue weighted by Gasteiger charge is -2.09. The van der Waals surface area contributed by atoms with Gasteiger partial charge >= 0.3 is 0 Å². The molecule has 1 amide bonds. The topological polar surface area (TPSA) is 54.9 Å². The quantitative estimate of drug-likeness (QED) is 0.342. The van der Waals surface area contributed by atoms with Gasteiger partial charge in [-0.05, 0) is 30.3 Å². The molecule has 32 heavy (non-hydrogen) atoms. The third kappa shape index (κ3) is 3.86. The minimum absolute atomic E-state index is 0.327. The van der Waals surface area contributed by atoms with E-state index in [1.54, 1.807) is 11.4 Å². The summed E-state index contributed by atoms with van der Waals surface area (Å²) in [5, 5.41) is 5.58. The second kappa shape index (κ2) is 8.28. The largest absolute Gasteiger partial charge is 0.298 e. The van der Waals surface area contributed by atoms with E-state index in [0.717, 1.165) is 23.1 Å². The first-order valence-electron chi connectivity index (χ1n) is 9.76. The fourth-order valence-corrected chi connectivity index (χ4v) is 4.12. The molecule has 7 heteroatoms. The fraction of sp³-hybridized carbons (Fsp3) is 0. The van der Waals surface area contributed by atoms with Crippen LogP contribution < -0.4 is 5.32 Å². The van der Waals surface area contributed by atoms with Crippen LogP contribution in [0.5, 0.6) is 0 Å². The van der Waals surface area contributed by atoms with Crippen LogP contribution in [0, 0.1) is 11.6 Å². The number of hydrogen-bond acceptors (Lipinski definition) is 4. The summed E-state index contributed by atoms with van der Waals surface area (Å²) in [5.74, 6) is -2.19. The Morgan fingerprint density at radius 1 is 0.781 bits per heavy atom. The summed E-state index contributed by atoms with van der Waals surface area (Å²) in [7, 11) is 0. The molecule has 5 rings (SSSR count). The molecule has 0 fully saturated rings. The highest BCUT2D eigenvalue weighted by Crippen LogP contribution is 2.28. The van der Waals surface area contributed by atoms with Gasteiger partial charge in [-0.1, -0.05) is 48.5 Å². The first-order valence-corrected chi connectivity index (χ1v) is 10.6. The average Bonchev–Trinajstić information content (AvgIpc) is 3.29. The summed E-state index contributed by atoms with van der Waals surface area (Å²) in [6.45, 7) is 0. The molecule has 4 nitrogen and oxygen atoms in total. The standard InChI is InChI=1S/C25H15F2N3OS/c26-19-11-10-16(12-20(19)27)23-14-32-25(29-23)30-24(31)18-13-22(15-6-2-1-3-7-15)28-21-9-5-4-8-17(18)21/h1-14H,(H,29,30,31). The second-order valence-corrected chi connectivity index (χ2v) is 7.92. The Bertz CT molecular complexity index is 1450. The van der Waals surface area contributed by atoms with Crippen LogP contribution in [-0.2, 0) is 0 Å². The van der Waals surface area contributed by atoms with Crippen molar-refractivity contribution in [1.82, 2.24) is 9.97 Å². The fourth-order valence-electron chi connectivity index (χ4n) is 3.40. The van der Waals surface area contributed by atoms with E-state index in [2.05, 4.69) is 10.3 Å². The van der Waals surface area contributed by atoms with Gasteiger partial charge in [-0.25, -0.2) is 18.7 Å². The molecule has 0 radical (unpaired) electrons. The highest BCUT2D eigenvalue weighted by Gasteiger charge is 2.16. The molecule has 0 saturated carbocycles. The molecule has 1 N–H and O–H groups in total. The molecule has 0 aliphatic carbocycles. The van der Waals surface area contributed by atoms with Gasteiger partial charge in [-0.15, -0.1) is 11.3 Å². The predicted octanol–water partition coefficient (Wildman–Crippen LogP) is 6.56. The number of nitrogens with one attached hydrogen (secondary N) is 1. The molecule has 3 aromatic carbocycles. The molecule has 0 aliphatic heterocycles. The van der Waals surface area contributed by atoms with Crippen LogP contribution in [0.1, 0.15) is 10.4 Å². The number of carbonyl (C=O) groups is 1. The number of aromatic nitrogens is 2. The minimum atomic E-state index is -0.946. The molecule has 2 heterocycles. The number of benzene rings is 3. The summed E-state index contributed by atoms with van der Waals surface area (Å²) in [6.07, 6.45) is 0. The SMILES string of the molecule is O=C(Nc1nc(-c2ccc(F)c(F)c2)cs1)c1cc(-c2ccccc2)nc2ccccc12. The molecule has 0 saturated heterocycles. The molecular weight excluding hydrogens is 428 g/mol. The number of amides is 1. The number of carbonyl (C=O) groups excluding carboxylic acids is 1. The second-order valence-electron chi connectivity index (χ2n) is 7.06. The van der Waals surface area contributed by atoms with Gasteiger partial charge in [0.2, 0.25) is 0 Å². The summed E-state index contributed by atoms with van der Waals surface area (Å²) in [6, 6.07) is 22.4. The smallest absolute Gasteiger partial charge is 0.258 e. The first kappa shape index (κ1) is 20.0. The third-order valence-corrected chi connectivity index (χ3v) is 5.73. The Labute approximate surface area is 186 Å². The first-order chi connectivity index (χ1) is 15.6. The molecule has 0 unspecified atom stereocenters. The van der Waals surface area contributed by atoms with E-state index in [-0.39, 0.29) is 5.91 Å². The number of hydrogen-bond donors (Lipinski definition) is 1. The summed E-state index contributed by atoms with van der Waals surface area (Å²) < 4.78 is 26.8. The lowest BCUT2D eigenvalue weighted by molar-refractivity contribution is 0.102. The van der Waals surface area contributed by atoms with E-state index in [4.69, 9.17) is 4.98 Å². The van der Waals surface area contributed by atoms with Gasteiger partial charge in [0.05, 0.1) is 22.5 Å². The number of pyridine rings is 1. The van der Waals surface area contributed by atoms with Gasteiger partial charge in [0, 0.05) is 21.9 Å². The lowest BCUT2D eigenvalue weighted by Crippen LogP contribution is -2.13. The highest BCUT2D eigenvalue weighted by molar-refractivity contribution is 7.14. The Kier molecular flexibility index (Phi) is 5.17. The maximum atomic E-state index is 13.6. The Morgan fingerprint density at radius 3 is 2.38 bits per heavy atom. The zero-order chi connectivity index (χ0) is 22.1. The van der Waals surface area contributed by atoms with Crippen LogP contribution in [-0.4, -0.2) is 15.9 Å². The average molecular weight is 443 g/mol. The molecule has 5 aromatic rings. The van der Waals surface area contributed by atoms with E-state index in [0.29, 0.717) is 33.2 Å². The maximum Gasteiger partial charge on any atom is 0.258 e. The number of para-hydroxylation sites is 1. The minimum Gasteiger partial charge on any atom is -0.298 e. The van der Waals surface area contributed by atoms with Crippen molar-refractivity contribution in [2.75, 3.05) is 5.32 Å². The summed E-state index contributed by atoms with van der Waals surface area (Å²) >= 11 is 1.21. The monoisotopic (exact) mass is 443 g/mol. The van der Waals surface area contributed by atoms with Crippen molar-refractivity contribution in [3.8, 4) is 22.5 Å². The van der Waals surface area contributed by atoms with Crippen molar-refractivity contribution >= 4 is 33.3 Å². The van der Waals surface area contributed by atoms with Crippen molar-refractivity contribution in [3.63, 3.8) is 0 Å². The maximum absolute atomic E-state index is 13.6. The summed E-state index contributed by atoms with van der Waals surface area (Å²) in [5.41, 5.74) is 3.66. The highest BCUT2D eigenvalue weighted by atomic mass is 32.1. The van der Waals surface area contributed by atoms with Crippen LogP contribution in [0.2, 0.25) is 0 Å². The van der Waals surface area contributed by atoms with Gasteiger partial charge in [-0.2, -0.15) is 0 Å². The Balaban J connectivity index is 1.49. The molecule has 2 aromatic heterocycles. The van der Waals surface area contributed by atoms with Crippen LogP contribution >= 0.6 is 11.3 Å². The molecule has 0 atom stereocenters. The zero-order valence-electron chi connectivity index (χ0n) is 16.5. The predicted molar refractivity (Wildman–Crippen MR) is 123 cm³/mol.